The summed E-state index contributed by atoms with van der Waals surface area (Å²) in [7, 11) is 0. The zero-order valence-electron chi connectivity index (χ0n) is 9.58. The van der Waals surface area contributed by atoms with Gasteiger partial charge in [0.05, 0.1) is 11.4 Å². The molecule has 0 aromatic carbocycles. The van der Waals surface area contributed by atoms with Gasteiger partial charge in [0, 0.05) is 6.54 Å². The number of nitrogens with one attached hydrogen (secondary N) is 1. The molecule has 1 aliphatic heterocycles. The maximum Gasteiger partial charge on any atom is 0.0612 e. The van der Waals surface area contributed by atoms with Crippen molar-refractivity contribution in [2.75, 3.05) is 13.1 Å². The summed E-state index contributed by atoms with van der Waals surface area (Å²) in [6, 6.07) is 2.17. The van der Waals surface area contributed by atoms with E-state index in [1.165, 1.54) is 18.5 Å². The summed E-state index contributed by atoms with van der Waals surface area (Å²) in [5, 5.41) is 7.82. The molecule has 1 fully saturated rings. The van der Waals surface area contributed by atoms with Crippen LogP contribution in [-0.2, 0) is 6.54 Å². The first-order chi connectivity index (χ1) is 7.29. The molecule has 3 heteroatoms. The fraction of sp³-hybridized carbons (Fsp3) is 0.583. The summed E-state index contributed by atoms with van der Waals surface area (Å²) >= 11 is 0. The molecule has 0 bridgehead atoms. The van der Waals surface area contributed by atoms with E-state index in [-0.39, 0.29) is 0 Å². The standard InChI is InChI=1S/C12H19N3/c1-3-15-12(8-10(2)14-15)9-11-4-6-13-7-5-11/h8-9,13H,3-7H2,1-2H3. The molecule has 0 radical (unpaired) electrons. The van der Waals surface area contributed by atoms with Crippen molar-refractivity contribution in [1.29, 1.82) is 0 Å². The number of rotatable bonds is 2. The Kier molecular flexibility index (Phi) is 3.21. The van der Waals surface area contributed by atoms with E-state index in [4.69, 9.17) is 0 Å². The van der Waals surface area contributed by atoms with Crippen LogP contribution in [0.2, 0.25) is 0 Å². The molecule has 0 spiro atoms. The Morgan fingerprint density at radius 2 is 2.20 bits per heavy atom. The Bertz CT molecular complexity index is 355. The van der Waals surface area contributed by atoms with Gasteiger partial charge in [0.15, 0.2) is 0 Å². The van der Waals surface area contributed by atoms with Gasteiger partial charge in [-0.05, 0) is 51.9 Å². The molecule has 15 heavy (non-hydrogen) atoms. The van der Waals surface area contributed by atoms with E-state index in [0.29, 0.717) is 0 Å². The van der Waals surface area contributed by atoms with Crippen LogP contribution >= 0.6 is 0 Å². The summed E-state index contributed by atoms with van der Waals surface area (Å²) in [6.07, 6.45) is 4.66. The minimum absolute atomic E-state index is 0.950. The van der Waals surface area contributed by atoms with Crippen molar-refractivity contribution >= 4 is 6.08 Å². The van der Waals surface area contributed by atoms with Crippen LogP contribution in [0.3, 0.4) is 0 Å². The zero-order valence-corrected chi connectivity index (χ0v) is 9.58. The second-order valence-electron chi connectivity index (χ2n) is 4.08. The smallest absolute Gasteiger partial charge is 0.0612 e. The Balaban J connectivity index is 2.20. The highest BCUT2D eigenvalue weighted by atomic mass is 15.3. The summed E-state index contributed by atoms with van der Waals surface area (Å²) < 4.78 is 2.07. The molecular formula is C12H19N3. The highest BCUT2D eigenvalue weighted by molar-refractivity contribution is 5.50. The lowest BCUT2D eigenvalue weighted by molar-refractivity contribution is 0.610. The van der Waals surface area contributed by atoms with Crippen LogP contribution in [0.1, 0.15) is 31.2 Å². The Hall–Kier alpha value is -1.09. The van der Waals surface area contributed by atoms with Crippen LogP contribution in [0.4, 0.5) is 0 Å². The maximum absolute atomic E-state index is 4.45. The van der Waals surface area contributed by atoms with Crippen LogP contribution in [-0.4, -0.2) is 22.9 Å². The lowest BCUT2D eigenvalue weighted by Gasteiger charge is -2.15. The van der Waals surface area contributed by atoms with Gasteiger partial charge in [0.2, 0.25) is 0 Å². The maximum atomic E-state index is 4.45. The van der Waals surface area contributed by atoms with Gasteiger partial charge in [-0.25, -0.2) is 0 Å². The van der Waals surface area contributed by atoms with Crippen LogP contribution < -0.4 is 5.32 Å². The molecule has 2 rings (SSSR count). The lowest BCUT2D eigenvalue weighted by Crippen LogP contribution is -2.23. The molecule has 0 aliphatic carbocycles. The van der Waals surface area contributed by atoms with Crippen molar-refractivity contribution in [2.45, 2.75) is 33.2 Å². The number of hydrogen-bond acceptors (Lipinski definition) is 2. The first kappa shape index (κ1) is 10.4. The van der Waals surface area contributed by atoms with Crippen molar-refractivity contribution in [3.05, 3.63) is 23.0 Å². The number of aromatic nitrogens is 2. The molecule has 82 valence electrons. The predicted molar refractivity (Wildman–Crippen MR) is 62.7 cm³/mol. The Morgan fingerprint density at radius 1 is 1.47 bits per heavy atom. The van der Waals surface area contributed by atoms with Crippen LogP contribution in [0.25, 0.3) is 6.08 Å². The minimum Gasteiger partial charge on any atom is -0.316 e. The molecule has 0 amide bonds. The average molecular weight is 205 g/mol. The molecule has 1 N–H and O–H groups in total. The van der Waals surface area contributed by atoms with Gasteiger partial charge in [-0.1, -0.05) is 5.57 Å². The van der Waals surface area contributed by atoms with Crippen molar-refractivity contribution in [3.8, 4) is 0 Å². The topological polar surface area (TPSA) is 29.9 Å². The molecule has 3 nitrogen and oxygen atoms in total. The van der Waals surface area contributed by atoms with Gasteiger partial charge < -0.3 is 5.32 Å². The lowest BCUT2D eigenvalue weighted by atomic mass is 10.0. The van der Waals surface area contributed by atoms with Crippen LogP contribution in [0.15, 0.2) is 11.6 Å². The summed E-state index contributed by atoms with van der Waals surface area (Å²) in [6.45, 7) is 7.37. The van der Waals surface area contributed by atoms with Crippen molar-refractivity contribution in [2.24, 2.45) is 0 Å². The van der Waals surface area contributed by atoms with E-state index in [1.807, 2.05) is 0 Å². The van der Waals surface area contributed by atoms with Crippen molar-refractivity contribution in [3.63, 3.8) is 0 Å². The summed E-state index contributed by atoms with van der Waals surface area (Å²) in [5.74, 6) is 0. The quantitative estimate of drug-likeness (QED) is 0.800. The molecule has 1 aromatic rings. The molecule has 1 saturated heterocycles. The van der Waals surface area contributed by atoms with Gasteiger partial charge in [-0.15, -0.1) is 0 Å². The molecule has 1 aliphatic rings. The largest absolute Gasteiger partial charge is 0.316 e. The summed E-state index contributed by atoms with van der Waals surface area (Å²) in [5.41, 5.74) is 3.91. The van der Waals surface area contributed by atoms with Crippen LogP contribution in [0, 0.1) is 6.92 Å². The van der Waals surface area contributed by atoms with E-state index < -0.39 is 0 Å². The number of aryl methyl sites for hydroxylation is 2. The third-order valence-electron chi connectivity index (χ3n) is 2.83. The first-order valence-corrected chi connectivity index (χ1v) is 5.74. The van der Waals surface area contributed by atoms with E-state index in [9.17, 15) is 0 Å². The number of piperidine rings is 1. The minimum atomic E-state index is 0.950. The predicted octanol–water partition coefficient (Wildman–Crippen LogP) is 1.98. The number of nitrogens with zero attached hydrogens (tertiary/aromatic N) is 2. The molecule has 1 aromatic heterocycles. The average Bonchev–Trinajstić information content (AvgIpc) is 2.60. The second kappa shape index (κ2) is 4.62. The van der Waals surface area contributed by atoms with E-state index in [0.717, 1.165) is 25.3 Å². The number of hydrogen-bond donors (Lipinski definition) is 1. The molecule has 0 atom stereocenters. The first-order valence-electron chi connectivity index (χ1n) is 5.74. The molecular weight excluding hydrogens is 186 g/mol. The van der Waals surface area contributed by atoms with E-state index in [2.05, 4.69) is 41.1 Å². The third kappa shape index (κ3) is 2.48. The van der Waals surface area contributed by atoms with Crippen molar-refractivity contribution < 1.29 is 0 Å². The van der Waals surface area contributed by atoms with Gasteiger partial charge in [-0.2, -0.15) is 5.10 Å². The summed E-state index contributed by atoms with van der Waals surface area (Å²) in [4.78, 5) is 0. The third-order valence-corrected chi connectivity index (χ3v) is 2.83. The molecule has 0 unspecified atom stereocenters. The fourth-order valence-electron chi connectivity index (χ4n) is 2.04. The van der Waals surface area contributed by atoms with E-state index in [1.54, 1.807) is 5.57 Å². The van der Waals surface area contributed by atoms with Crippen LogP contribution in [0.5, 0.6) is 0 Å². The highest BCUT2D eigenvalue weighted by Gasteiger charge is 2.07. The molecule has 2 heterocycles. The molecule has 0 saturated carbocycles. The van der Waals surface area contributed by atoms with Gasteiger partial charge >= 0.3 is 0 Å². The zero-order chi connectivity index (χ0) is 10.7. The van der Waals surface area contributed by atoms with Crippen molar-refractivity contribution in [1.82, 2.24) is 15.1 Å². The normalized spacial score (nSPS) is 16.8. The van der Waals surface area contributed by atoms with Gasteiger partial charge in [-0.3, -0.25) is 4.68 Å². The van der Waals surface area contributed by atoms with E-state index >= 15 is 0 Å². The monoisotopic (exact) mass is 205 g/mol. The van der Waals surface area contributed by atoms with Gasteiger partial charge in [0.25, 0.3) is 0 Å². The van der Waals surface area contributed by atoms with Gasteiger partial charge in [0.1, 0.15) is 0 Å². The second-order valence-corrected chi connectivity index (χ2v) is 4.08. The SMILES string of the molecule is CCn1nc(C)cc1C=C1CCNCC1. The Labute approximate surface area is 91.2 Å². The Morgan fingerprint density at radius 3 is 2.87 bits per heavy atom. The fourth-order valence-corrected chi connectivity index (χ4v) is 2.04. The highest BCUT2D eigenvalue weighted by Crippen LogP contribution is 2.16.